The maximum absolute atomic E-state index is 12.2. The average molecular weight is 349 g/mol. The van der Waals surface area contributed by atoms with Crippen LogP contribution >= 0.6 is 0 Å². The second-order valence-corrected chi connectivity index (χ2v) is 9.86. The number of hydrogen-bond acceptors (Lipinski definition) is 4. The van der Waals surface area contributed by atoms with Gasteiger partial charge in [-0.25, -0.2) is 0 Å². The molecule has 1 fully saturated rings. The topological polar surface area (TPSA) is 44.8 Å². The summed E-state index contributed by atoms with van der Waals surface area (Å²) in [4.78, 5) is 12.2. The van der Waals surface area contributed by atoms with E-state index in [1.165, 1.54) is 7.11 Å². The molecule has 1 aliphatic carbocycles. The third kappa shape index (κ3) is 3.83. The first-order valence-corrected chi connectivity index (χ1v) is 9.19. The molecule has 1 aromatic carbocycles. The van der Waals surface area contributed by atoms with Crippen molar-refractivity contribution in [2.24, 2.45) is 0 Å². The van der Waals surface area contributed by atoms with Crippen LogP contribution < -0.4 is 4.74 Å². The van der Waals surface area contributed by atoms with E-state index in [1.54, 1.807) is 7.11 Å². The fourth-order valence-corrected chi connectivity index (χ4v) is 3.41. The lowest BCUT2D eigenvalue weighted by Crippen LogP contribution is -2.29. The van der Waals surface area contributed by atoms with Gasteiger partial charge in [0.05, 0.1) is 25.2 Å². The van der Waals surface area contributed by atoms with E-state index in [9.17, 15) is 4.79 Å². The van der Waals surface area contributed by atoms with E-state index in [1.807, 2.05) is 26.0 Å². The molecular weight excluding hydrogens is 320 g/mol. The first kappa shape index (κ1) is 19.0. The molecule has 0 aliphatic heterocycles. The molecule has 1 aromatic rings. The first-order chi connectivity index (χ1) is 11.1. The van der Waals surface area contributed by atoms with Gasteiger partial charge in [-0.2, -0.15) is 0 Å². The highest BCUT2D eigenvalue weighted by Crippen LogP contribution is 2.50. The molecular formula is C19H28O4Si. The molecule has 132 valence electrons. The predicted octanol–water partition coefficient (Wildman–Crippen LogP) is 3.99. The molecule has 0 atom stereocenters. The number of rotatable bonds is 6. The Hall–Kier alpha value is -1.33. The van der Waals surface area contributed by atoms with E-state index >= 15 is 0 Å². The molecule has 1 aliphatic rings. The maximum atomic E-state index is 12.2. The van der Waals surface area contributed by atoms with Crippen LogP contribution in [0, 0.1) is 0 Å². The Balaban J connectivity index is 2.38. The molecule has 0 spiro atoms. The predicted molar refractivity (Wildman–Crippen MR) is 95.5 cm³/mol. The summed E-state index contributed by atoms with van der Waals surface area (Å²) in [5.41, 5.74) is 0.965. The smallest absolute Gasteiger partial charge is 0.316 e. The van der Waals surface area contributed by atoms with Crippen LogP contribution in [-0.4, -0.2) is 30.0 Å². The van der Waals surface area contributed by atoms with Gasteiger partial charge in [-0.15, -0.1) is 0 Å². The van der Waals surface area contributed by atoms with Crippen molar-refractivity contribution < 1.29 is 18.7 Å². The Bertz CT molecular complexity index is 612. The minimum absolute atomic E-state index is 0.103. The van der Waals surface area contributed by atoms with Crippen LogP contribution in [-0.2, 0) is 25.0 Å². The Morgan fingerprint density at radius 3 is 2.21 bits per heavy atom. The number of carbonyl (C=O) groups excluding carboxylic acids is 1. The van der Waals surface area contributed by atoms with Gasteiger partial charge in [-0.3, -0.25) is 4.79 Å². The third-order valence-electron chi connectivity index (χ3n) is 4.34. The number of ether oxygens (including phenoxy) is 2. The molecule has 24 heavy (non-hydrogen) atoms. The summed E-state index contributed by atoms with van der Waals surface area (Å²) in [6, 6.07) is 5.95. The number of methoxy groups -OCH3 is 2. The monoisotopic (exact) mass is 348 g/mol. The molecule has 2 rings (SSSR count). The van der Waals surface area contributed by atoms with Gasteiger partial charge in [0.2, 0.25) is 9.76 Å². The van der Waals surface area contributed by atoms with Crippen molar-refractivity contribution >= 4 is 15.7 Å². The molecule has 0 aromatic heterocycles. The van der Waals surface area contributed by atoms with Crippen molar-refractivity contribution in [1.82, 2.24) is 0 Å². The van der Waals surface area contributed by atoms with Gasteiger partial charge in [0.1, 0.15) is 5.75 Å². The van der Waals surface area contributed by atoms with Gasteiger partial charge < -0.3 is 13.9 Å². The van der Waals surface area contributed by atoms with Crippen molar-refractivity contribution in [1.29, 1.82) is 0 Å². The van der Waals surface area contributed by atoms with Gasteiger partial charge >= 0.3 is 5.97 Å². The Morgan fingerprint density at radius 1 is 1.12 bits per heavy atom. The molecule has 2 radical (unpaired) electrons. The van der Waals surface area contributed by atoms with E-state index in [-0.39, 0.29) is 11.0 Å². The van der Waals surface area contributed by atoms with Crippen molar-refractivity contribution in [3.63, 3.8) is 0 Å². The molecule has 0 heterocycles. The zero-order valence-electron chi connectivity index (χ0n) is 15.8. The molecule has 0 unspecified atom stereocenters. The summed E-state index contributed by atoms with van der Waals surface area (Å²) in [7, 11) is 3.47. The van der Waals surface area contributed by atoms with E-state index in [2.05, 4.69) is 26.8 Å². The van der Waals surface area contributed by atoms with Crippen LogP contribution in [0.5, 0.6) is 5.75 Å². The van der Waals surface area contributed by atoms with Crippen LogP contribution in [0.4, 0.5) is 0 Å². The van der Waals surface area contributed by atoms with E-state index in [0.29, 0.717) is 9.76 Å². The van der Waals surface area contributed by atoms with Crippen LogP contribution in [0.2, 0.25) is 5.04 Å². The van der Waals surface area contributed by atoms with Crippen molar-refractivity contribution in [3.8, 4) is 5.75 Å². The van der Waals surface area contributed by atoms with E-state index in [0.717, 1.165) is 29.7 Å². The van der Waals surface area contributed by atoms with Gasteiger partial charge in [-0.05, 0) is 49.4 Å². The summed E-state index contributed by atoms with van der Waals surface area (Å²) in [5, 5.41) is 0.103. The van der Waals surface area contributed by atoms with Crippen molar-refractivity contribution in [3.05, 3.63) is 29.3 Å². The zero-order chi connectivity index (χ0) is 18.2. The van der Waals surface area contributed by atoms with E-state index in [4.69, 9.17) is 13.9 Å². The van der Waals surface area contributed by atoms with Crippen molar-refractivity contribution in [2.45, 2.75) is 63.5 Å². The summed E-state index contributed by atoms with van der Waals surface area (Å²) >= 11 is 0. The molecule has 0 N–H and O–H groups in total. The van der Waals surface area contributed by atoms with Crippen LogP contribution in [0.15, 0.2) is 18.2 Å². The fourth-order valence-electron chi connectivity index (χ4n) is 2.74. The molecule has 1 saturated carbocycles. The second-order valence-electron chi connectivity index (χ2n) is 7.95. The summed E-state index contributed by atoms with van der Waals surface area (Å²) in [6.45, 7) is 10.6. The van der Waals surface area contributed by atoms with Crippen LogP contribution in [0.25, 0.3) is 0 Å². The van der Waals surface area contributed by atoms with E-state index < -0.39 is 11.0 Å². The lowest BCUT2D eigenvalue weighted by molar-refractivity contribution is -0.143. The molecule has 0 bridgehead atoms. The number of carbonyl (C=O) groups is 1. The van der Waals surface area contributed by atoms with Gasteiger partial charge in [0.25, 0.3) is 0 Å². The van der Waals surface area contributed by atoms with Gasteiger partial charge in [0.15, 0.2) is 0 Å². The standard InChI is InChI=1S/C19H28O4Si/c1-17(2,3)24-23-18(4,5)14-12-13(8-9-15(14)21-6)19(10-11-19)16(20)22-7/h8-9,12H,10-11H2,1-7H3. The minimum Gasteiger partial charge on any atom is -0.496 e. The molecule has 0 saturated heterocycles. The van der Waals surface area contributed by atoms with Crippen LogP contribution in [0.3, 0.4) is 0 Å². The summed E-state index contributed by atoms with van der Waals surface area (Å²) in [5.74, 6) is 0.622. The number of benzene rings is 1. The second kappa shape index (κ2) is 6.52. The van der Waals surface area contributed by atoms with Crippen LogP contribution in [0.1, 0.15) is 58.6 Å². The fraction of sp³-hybridized carbons (Fsp3) is 0.632. The highest BCUT2D eigenvalue weighted by atomic mass is 28.2. The maximum Gasteiger partial charge on any atom is 0.316 e. The van der Waals surface area contributed by atoms with Crippen molar-refractivity contribution in [2.75, 3.05) is 14.2 Å². The number of hydrogen-bond donors (Lipinski definition) is 0. The highest BCUT2D eigenvalue weighted by molar-refractivity contribution is 6.31. The van der Waals surface area contributed by atoms with Gasteiger partial charge in [-0.1, -0.05) is 26.8 Å². The lowest BCUT2D eigenvalue weighted by atomic mass is 9.89. The molecule has 4 nitrogen and oxygen atoms in total. The molecule has 0 amide bonds. The normalized spacial score (nSPS) is 16.6. The minimum atomic E-state index is -0.501. The SMILES string of the molecule is COC(=O)C1(c2ccc(OC)c(C(C)(C)O[Si]C(C)(C)C)c2)CC1. The third-order valence-corrected chi connectivity index (χ3v) is 5.56. The quantitative estimate of drug-likeness (QED) is 0.576. The number of esters is 1. The molecule has 5 heteroatoms. The summed E-state index contributed by atoms with van der Waals surface area (Å²) < 4.78 is 16.8. The Kier molecular flexibility index (Phi) is 5.16. The first-order valence-electron chi connectivity index (χ1n) is 8.28. The Labute approximate surface area is 147 Å². The Morgan fingerprint density at radius 2 is 1.75 bits per heavy atom. The largest absolute Gasteiger partial charge is 0.496 e. The van der Waals surface area contributed by atoms with Gasteiger partial charge in [0, 0.05) is 5.56 Å². The highest BCUT2D eigenvalue weighted by Gasteiger charge is 2.53. The lowest BCUT2D eigenvalue weighted by Gasteiger charge is -2.31. The average Bonchev–Trinajstić information content (AvgIpc) is 3.33. The summed E-state index contributed by atoms with van der Waals surface area (Å²) in [6.07, 6.45) is 1.66. The zero-order valence-corrected chi connectivity index (χ0v) is 16.8.